The van der Waals surface area contributed by atoms with Gasteiger partial charge >= 0.3 is 0 Å². The highest BCUT2D eigenvalue weighted by Crippen LogP contribution is 2.30. The predicted octanol–water partition coefficient (Wildman–Crippen LogP) is 3.00. The maximum atomic E-state index is 13.6. The molecule has 0 unspecified atom stereocenters. The van der Waals surface area contributed by atoms with E-state index >= 15 is 0 Å². The monoisotopic (exact) mass is 420 g/mol. The summed E-state index contributed by atoms with van der Waals surface area (Å²) in [7, 11) is 0. The molecule has 2 amide bonds. The van der Waals surface area contributed by atoms with Crippen molar-refractivity contribution < 1.29 is 19.0 Å². The number of carbonyl (C=O) groups is 2. The summed E-state index contributed by atoms with van der Waals surface area (Å²) in [5.74, 6) is 0.340. The molecule has 0 bridgehead atoms. The molecular formula is C23H24N4O4. The molecule has 1 aromatic heterocycles. The fraction of sp³-hybridized carbons (Fsp3) is 0.304. The molecule has 0 N–H and O–H groups in total. The van der Waals surface area contributed by atoms with E-state index in [0.29, 0.717) is 42.3 Å². The number of carbonyl (C=O) groups excluding carboxylic acids is 2. The Morgan fingerprint density at radius 1 is 1.06 bits per heavy atom. The van der Waals surface area contributed by atoms with Gasteiger partial charge in [-0.05, 0) is 24.6 Å². The molecule has 0 spiro atoms. The zero-order valence-electron chi connectivity index (χ0n) is 17.5. The highest BCUT2D eigenvalue weighted by Gasteiger charge is 2.34. The first-order valence-electron chi connectivity index (χ1n) is 10.2. The van der Waals surface area contributed by atoms with E-state index in [1.807, 2.05) is 47.4 Å². The summed E-state index contributed by atoms with van der Waals surface area (Å²) in [5, 5.41) is 7.58. The number of rotatable bonds is 5. The number of aromatic nitrogens is 2. The van der Waals surface area contributed by atoms with Crippen molar-refractivity contribution in [2.24, 2.45) is 0 Å². The molecule has 0 saturated carbocycles. The van der Waals surface area contributed by atoms with Crippen molar-refractivity contribution >= 4 is 11.8 Å². The first-order chi connectivity index (χ1) is 15.0. The van der Waals surface area contributed by atoms with Crippen molar-refractivity contribution in [1.82, 2.24) is 20.1 Å². The Morgan fingerprint density at radius 2 is 1.81 bits per heavy atom. The highest BCUT2D eigenvalue weighted by atomic mass is 16.6. The summed E-state index contributed by atoms with van der Waals surface area (Å²) < 4.78 is 10.6. The van der Waals surface area contributed by atoms with Gasteiger partial charge in [-0.3, -0.25) is 9.59 Å². The molecule has 2 heterocycles. The predicted molar refractivity (Wildman–Crippen MR) is 112 cm³/mol. The van der Waals surface area contributed by atoms with E-state index in [-0.39, 0.29) is 24.5 Å². The van der Waals surface area contributed by atoms with E-state index in [0.717, 1.165) is 5.56 Å². The average molecular weight is 420 g/mol. The van der Waals surface area contributed by atoms with E-state index in [9.17, 15) is 9.59 Å². The molecule has 1 saturated heterocycles. The fourth-order valence-corrected chi connectivity index (χ4v) is 3.72. The van der Waals surface area contributed by atoms with Crippen molar-refractivity contribution in [2.75, 3.05) is 19.6 Å². The summed E-state index contributed by atoms with van der Waals surface area (Å²) in [6.45, 7) is 4.89. The van der Waals surface area contributed by atoms with Gasteiger partial charge in [-0.1, -0.05) is 52.8 Å². The third-order valence-electron chi connectivity index (χ3n) is 5.50. The van der Waals surface area contributed by atoms with E-state index < -0.39 is 0 Å². The lowest BCUT2D eigenvalue weighted by molar-refractivity contribution is -0.131. The lowest BCUT2D eigenvalue weighted by Gasteiger charge is -2.41. The smallest absolute Gasteiger partial charge is 0.258 e. The van der Waals surface area contributed by atoms with E-state index in [2.05, 4.69) is 10.3 Å². The third-order valence-corrected chi connectivity index (χ3v) is 5.50. The van der Waals surface area contributed by atoms with Crippen molar-refractivity contribution in [2.45, 2.75) is 26.5 Å². The van der Waals surface area contributed by atoms with Gasteiger partial charge in [-0.2, -0.15) is 0 Å². The third kappa shape index (κ3) is 4.42. The van der Waals surface area contributed by atoms with Crippen molar-refractivity contribution in [3.8, 4) is 5.75 Å². The minimum atomic E-state index is -0.235. The Bertz CT molecular complexity index is 1070. The van der Waals surface area contributed by atoms with Crippen molar-refractivity contribution in [3.63, 3.8) is 0 Å². The molecule has 4 rings (SSSR count). The van der Waals surface area contributed by atoms with Gasteiger partial charge in [0.25, 0.3) is 5.91 Å². The average Bonchev–Trinajstić information content (AvgIpc) is 3.22. The SMILES string of the molecule is CC(=O)N1CCN(C(=O)c2ccccc2OCc2nonc2C)[C@@H](c2ccccc2)C1. The maximum Gasteiger partial charge on any atom is 0.258 e. The van der Waals surface area contributed by atoms with Gasteiger partial charge in [-0.25, -0.2) is 4.63 Å². The van der Waals surface area contributed by atoms with Crippen LogP contribution in [0.25, 0.3) is 0 Å². The Kier molecular flexibility index (Phi) is 5.97. The first-order valence-corrected chi connectivity index (χ1v) is 10.2. The number of amides is 2. The molecule has 3 aromatic rings. The largest absolute Gasteiger partial charge is 0.486 e. The molecule has 1 aliphatic heterocycles. The summed E-state index contributed by atoms with van der Waals surface area (Å²) >= 11 is 0. The topological polar surface area (TPSA) is 88.8 Å². The van der Waals surface area contributed by atoms with E-state index in [4.69, 9.17) is 9.37 Å². The maximum absolute atomic E-state index is 13.6. The second-order valence-corrected chi connectivity index (χ2v) is 7.47. The molecule has 8 nitrogen and oxygen atoms in total. The minimum Gasteiger partial charge on any atom is -0.486 e. The Labute approximate surface area is 180 Å². The van der Waals surface area contributed by atoms with Crippen LogP contribution in [0.4, 0.5) is 0 Å². The number of ether oxygens (including phenoxy) is 1. The number of aryl methyl sites for hydroxylation is 1. The minimum absolute atomic E-state index is 0.00774. The summed E-state index contributed by atoms with van der Waals surface area (Å²) in [6, 6.07) is 16.7. The van der Waals surface area contributed by atoms with Crippen LogP contribution < -0.4 is 4.74 Å². The molecule has 1 atom stereocenters. The Hall–Kier alpha value is -3.68. The number of hydrogen-bond acceptors (Lipinski definition) is 6. The Balaban J connectivity index is 1.60. The number of hydrogen-bond donors (Lipinski definition) is 0. The number of nitrogens with zero attached hydrogens (tertiary/aromatic N) is 4. The standard InChI is InChI=1S/C23H24N4O4/c1-16-20(25-31-24-16)15-30-22-11-7-6-10-19(22)23(29)27-13-12-26(17(2)28)14-21(27)18-8-4-3-5-9-18/h3-11,21H,12-15H2,1-2H3/t21-/m1/s1. The molecule has 1 fully saturated rings. The van der Waals surface area contributed by atoms with Crippen LogP contribution in [0.5, 0.6) is 5.75 Å². The van der Waals surface area contributed by atoms with Gasteiger partial charge < -0.3 is 14.5 Å². The fourth-order valence-electron chi connectivity index (χ4n) is 3.72. The van der Waals surface area contributed by atoms with E-state index in [1.54, 1.807) is 30.9 Å². The Morgan fingerprint density at radius 3 is 2.52 bits per heavy atom. The van der Waals surface area contributed by atoms with Crippen LogP contribution in [0.2, 0.25) is 0 Å². The summed E-state index contributed by atoms with van der Waals surface area (Å²) in [4.78, 5) is 29.2. The van der Waals surface area contributed by atoms with Crippen molar-refractivity contribution in [1.29, 1.82) is 0 Å². The lowest BCUT2D eigenvalue weighted by atomic mass is 10.0. The molecule has 2 aromatic carbocycles. The molecule has 8 heteroatoms. The first kappa shape index (κ1) is 20.6. The van der Waals surface area contributed by atoms with Crippen LogP contribution in [0.1, 0.15) is 40.3 Å². The summed E-state index contributed by atoms with van der Waals surface area (Å²) in [5.41, 5.74) is 2.69. The highest BCUT2D eigenvalue weighted by molar-refractivity contribution is 5.97. The van der Waals surface area contributed by atoms with Gasteiger partial charge in [0.2, 0.25) is 5.91 Å². The second kappa shape index (κ2) is 8.99. The zero-order valence-corrected chi connectivity index (χ0v) is 17.5. The number of benzene rings is 2. The van der Waals surface area contributed by atoms with Gasteiger partial charge in [0.1, 0.15) is 23.7 Å². The van der Waals surface area contributed by atoms with Gasteiger partial charge in [0.05, 0.1) is 11.6 Å². The van der Waals surface area contributed by atoms with E-state index in [1.165, 1.54) is 0 Å². The van der Waals surface area contributed by atoms with Gasteiger partial charge in [0, 0.05) is 26.6 Å². The van der Waals surface area contributed by atoms with Crippen LogP contribution in [-0.4, -0.2) is 51.6 Å². The quantitative estimate of drug-likeness (QED) is 0.630. The number of para-hydroxylation sites is 1. The zero-order chi connectivity index (χ0) is 21.8. The molecule has 0 aliphatic carbocycles. The molecule has 0 radical (unpaired) electrons. The summed E-state index contributed by atoms with van der Waals surface area (Å²) in [6.07, 6.45) is 0. The van der Waals surface area contributed by atoms with Crippen LogP contribution in [-0.2, 0) is 11.4 Å². The molecule has 31 heavy (non-hydrogen) atoms. The normalized spacial score (nSPS) is 16.3. The second-order valence-electron chi connectivity index (χ2n) is 7.47. The van der Waals surface area contributed by atoms with Gasteiger partial charge in [-0.15, -0.1) is 0 Å². The molecule has 1 aliphatic rings. The number of piperazine rings is 1. The van der Waals surface area contributed by atoms with Crippen LogP contribution >= 0.6 is 0 Å². The van der Waals surface area contributed by atoms with Crippen LogP contribution in [0.15, 0.2) is 59.2 Å². The molecular weight excluding hydrogens is 396 g/mol. The van der Waals surface area contributed by atoms with Crippen molar-refractivity contribution in [3.05, 3.63) is 77.1 Å². The van der Waals surface area contributed by atoms with Gasteiger partial charge in [0.15, 0.2) is 0 Å². The molecule has 160 valence electrons. The van der Waals surface area contributed by atoms with Crippen LogP contribution in [0.3, 0.4) is 0 Å². The lowest BCUT2D eigenvalue weighted by Crippen LogP contribution is -2.51. The van der Waals surface area contributed by atoms with Crippen LogP contribution in [0, 0.1) is 6.92 Å².